The number of benzene rings is 1. The number of hydrogen-bond donors (Lipinski definition) is 5. The predicted molar refractivity (Wildman–Crippen MR) is 122 cm³/mol. The molecule has 1 aromatic rings. The average molecular weight is 485 g/mol. The van der Waals surface area contributed by atoms with Gasteiger partial charge in [0.05, 0.1) is 11.6 Å². The highest BCUT2D eigenvalue weighted by atomic mass is 16.3. The standard InChI is InChI=1S/C24H27N3O8/c1-26(2)17-12-8-9-7-11-10(23(34)27(3)4)5-6-13(28)15(11)18(29)14(9)20(31)24(12,35)21(32)16(19(17)30)22(25)33/h5-6,9,12,17,28,30-31,35H,7-8H2,1-4H3,(H2,25,33)/t9-,12-,17-,24-/m0/s1. The van der Waals surface area contributed by atoms with Crippen molar-refractivity contribution in [3.05, 3.63) is 51.5 Å². The fourth-order valence-electron chi connectivity index (χ4n) is 5.69. The van der Waals surface area contributed by atoms with E-state index in [2.05, 4.69) is 0 Å². The molecule has 2 amide bonds. The quantitative estimate of drug-likeness (QED) is 0.363. The molecule has 3 aliphatic rings. The number of ketones is 2. The van der Waals surface area contributed by atoms with Crippen LogP contribution in [0.2, 0.25) is 0 Å². The molecule has 4 rings (SSSR count). The smallest absolute Gasteiger partial charge is 0.255 e. The molecule has 35 heavy (non-hydrogen) atoms. The lowest BCUT2D eigenvalue weighted by molar-refractivity contribution is -0.148. The normalized spacial score (nSPS) is 28.0. The topological polar surface area (TPSA) is 182 Å². The van der Waals surface area contributed by atoms with Gasteiger partial charge < -0.3 is 31.1 Å². The van der Waals surface area contributed by atoms with Gasteiger partial charge in [0.15, 0.2) is 11.4 Å². The average Bonchev–Trinajstić information content (AvgIpc) is 2.75. The third-order valence-electron chi connectivity index (χ3n) is 7.24. The summed E-state index contributed by atoms with van der Waals surface area (Å²) in [5.74, 6) is -7.66. The van der Waals surface area contributed by atoms with Gasteiger partial charge in [-0.1, -0.05) is 0 Å². The van der Waals surface area contributed by atoms with Crippen molar-refractivity contribution in [2.45, 2.75) is 24.5 Å². The fraction of sp³-hybridized carbons (Fsp3) is 0.417. The van der Waals surface area contributed by atoms with E-state index in [0.29, 0.717) is 5.56 Å². The number of amides is 2. The van der Waals surface area contributed by atoms with Crippen LogP contribution < -0.4 is 5.73 Å². The summed E-state index contributed by atoms with van der Waals surface area (Å²) in [6, 6.07) is 1.54. The van der Waals surface area contributed by atoms with Gasteiger partial charge in [-0.25, -0.2) is 0 Å². The lowest BCUT2D eigenvalue weighted by Gasteiger charge is -2.50. The Kier molecular flexibility index (Phi) is 5.53. The van der Waals surface area contributed by atoms with Crippen LogP contribution in [0.15, 0.2) is 34.8 Å². The number of phenols is 1. The number of rotatable bonds is 3. The van der Waals surface area contributed by atoms with Gasteiger partial charge >= 0.3 is 0 Å². The Morgan fingerprint density at radius 2 is 1.71 bits per heavy atom. The largest absolute Gasteiger partial charge is 0.510 e. The summed E-state index contributed by atoms with van der Waals surface area (Å²) in [7, 11) is 6.20. The van der Waals surface area contributed by atoms with Gasteiger partial charge in [0, 0.05) is 31.1 Å². The van der Waals surface area contributed by atoms with Crippen LogP contribution in [0.3, 0.4) is 0 Å². The van der Waals surface area contributed by atoms with Crippen molar-refractivity contribution in [2.24, 2.45) is 17.6 Å². The maximum atomic E-state index is 13.6. The Hall–Kier alpha value is -3.70. The van der Waals surface area contributed by atoms with Gasteiger partial charge in [-0.2, -0.15) is 0 Å². The van der Waals surface area contributed by atoms with Gasteiger partial charge in [0.2, 0.25) is 5.78 Å². The molecule has 0 aliphatic heterocycles. The summed E-state index contributed by atoms with van der Waals surface area (Å²) in [6.45, 7) is 0. The number of aliphatic hydroxyl groups excluding tert-OH is 2. The number of phenolic OH excluding ortho intramolecular Hbond substituents is 1. The van der Waals surface area contributed by atoms with Crippen molar-refractivity contribution in [1.82, 2.24) is 9.80 Å². The first-order valence-corrected chi connectivity index (χ1v) is 11.0. The van der Waals surface area contributed by atoms with Crippen LogP contribution in [0.4, 0.5) is 0 Å². The second-order valence-corrected chi connectivity index (χ2v) is 9.65. The molecular weight excluding hydrogens is 458 g/mol. The van der Waals surface area contributed by atoms with Crippen molar-refractivity contribution >= 4 is 23.4 Å². The van der Waals surface area contributed by atoms with Crippen molar-refractivity contribution in [3.8, 4) is 5.75 Å². The number of aromatic hydroxyl groups is 1. The molecule has 0 heterocycles. The maximum absolute atomic E-state index is 13.6. The van der Waals surface area contributed by atoms with Gasteiger partial charge in [0.1, 0.15) is 22.8 Å². The number of carbonyl (C=O) groups excluding carboxylic acids is 4. The van der Waals surface area contributed by atoms with E-state index in [-0.39, 0.29) is 35.4 Å². The van der Waals surface area contributed by atoms with Gasteiger partial charge in [0.25, 0.3) is 11.8 Å². The highest BCUT2D eigenvalue weighted by Gasteiger charge is 2.63. The number of Topliss-reactive ketones (excluding diaryl/α,β-unsaturated/α-hetero) is 2. The molecule has 0 fully saturated rings. The van der Waals surface area contributed by atoms with Gasteiger partial charge in [-0.05, 0) is 50.6 Å². The minimum absolute atomic E-state index is 0.0446. The van der Waals surface area contributed by atoms with E-state index in [4.69, 9.17) is 5.73 Å². The molecule has 4 atom stereocenters. The Morgan fingerprint density at radius 1 is 1.09 bits per heavy atom. The van der Waals surface area contributed by atoms with Crippen LogP contribution in [0.1, 0.15) is 32.7 Å². The third kappa shape index (κ3) is 3.18. The molecule has 0 unspecified atom stereocenters. The van der Waals surface area contributed by atoms with E-state index in [1.54, 1.807) is 28.2 Å². The maximum Gasteiger partial charge on any atom is 0.255 e. The number of aliphatic hydroxyl groups is 3. The molecule has 11 nitrogen and oxygen atoms in total. The summed E-state index contributed by atoms with van der Waals surface area (Å²) in [5.41, 5.74) is 1.78. The van der Waals surface area contributed by atoms with Crippen LogP contribution in [-0.4, -0.2) is 93.4 Å². The van der Waals surface area contributed by atoms with Crippen molar-refractivity contribution < 1.29 is 39.6 Å². The van der Waals surface area contributed by atoms with Crippen molar-refractivity contribution in [1.29, 1.82) is 0 Å². The van der Waals surface area contributed by atoms with E-state index in [9.17, 15) is 39.6 Å². The summed E-state index contributed by atoms with van der Waals surface area (Å²) in [5, 5.41) is 44.0. The number of nitrogens with zero attached hydrogens (tertiary/aromatic N) is 2. The Morgan fingerprint density at radius 3 is 2.26 bits per heavy atom. The molecule has 0 spiro atoms. The fourth-order valence-corrected chi connectivity index (χ4v) is 5.69. The molecule has 0 radical (unpaired) electrons. The SMILES string of the molecule is CN(C)C(=O)c1ccc(O)c2c1C[C@H]1C[C@H]3[C@H](N(C)C)C(O)=C(C(N)=O)C(=O)[C@@]3(O)C(O)=C1C2=O. The van der Waals surface area contributed by atoms with E-state index < -0.39 is 63.8 Å². The Bertz CT molecular complexity index is 1260. The Balaban J connectivity index is 1.97. The van der Waals surface area contributed by atoms with Crippen LogP contribution >= 0.6 is 0 Å². The number of nitrogens with two attached hydrogens (primary N) is 1. The first kappa shape index (κ1) is 24.4. The number of fused-ring (bicyclic) bond motifs is 3. The first-order valence-electron chi connectivity index (χ1n) is 11.0. The second kappa shape index (κ2) is 7.92. The summed E-state index contributed by atoms with van der Waals surface area (Å²) >= 11 is 0. The van der Waals surface area contributed by atoms with E-state index >= 15 is 0 Å². The molecule has 0 bridgehead atoms. The lowest BCUT2D eigenvalue weighted by atomic mass is 9.58. The molecule has 0 saturated heterocycles. The molecule has 3 aliphatic carbocycles. The zero-order valence-electron chi connectivity index (χ0n) is 19.7. The number of likely N-dealkylation sites (N-methyl/N-ethyl adjacent to an activating group) is 1. The van der Waals surface area contributed by atoms with E-state index in [0.717, 1.165) is 0 Å². The molecule has 0 aromatic heterocycles. The number of primary amides is 1. The minimum Gasteiger partial charge on any atom is -0.510 e. The molecule has 6 N–H and O–H groups in total. The minimum atomic E-state index is -2.70. The third-order valence-corrected chi connectivity index (χ3v) is 7.24. The Labute approximate surface area is 200 Å². The molecule has 186 valence electrons. The van der Waals surface area contributed by atoms with Gasteiger partial charge in [-0.3, -0.25) is 24.1 Å². The number of carbonyl (C=O) groups is 4. The summed E-state index contributed by atoms with van der Waals surface area (Å²) < 4.78 is 0. The molecular formula is C24H27N3O8. The number of hydrogen-bond acceptors (Lipinski definition) is 9. The molecule has 1 aromatic carbocycles. The molecule has 0 saturated carbocycles. The van der Waals surface area contributed by atoms with Crippen LogP contribution in [0, 0.1) is 11.8 Å². The van der Waals surface area contributed by atoms with Gasteiger partial charge in [-0.15, -0.1) is 0 Å². The second-order valence-electron chi connectivity index (χ2n) is 9.65. The highest BCUT2D eigenvalue weighted by molar-refractivity contribution is 6.25. The van der Waals surface area contributed by atoms with Crippen LogP contribution in [0.5, 0.6) is 5.75 Å². The monoisotopic (exact) mass is 485 g/mol. The lowest BCUT2D eigenvalue weighted by Crippen LogP contribution is -2.63. The van der Waals surface area contributed by atoms with Crippen LogP contribution in [0.25, 0.3) is 0 Å². The zero-order valence-corrected chi connectivity index (χ0v) is 19.7. The highest BCUT2D eigenvalue weighted by Crippen LogP contribution is 2.52. The molecule has 11 heteroatoms. The van der Waals surface area contributed by atoms with E-state index in [1.807, 2.05) is 0 Å². The van der Waals surface area contributed by atoms with Crippen molar-refractivity contribution in [2.75, 3.05) is 28.2 Å². The zero-order chi connectivity index (χ0) is 26.1. The summed E-state index contributed by atoms with van der Waals surface area (Å²) in [6.07, 6.45) is 0.00879. The van der Waals surface area contributed by atoms with Crippen molar-refractivity contribution in [3.63, 3.8) is 0 Å². The van der Waals surface area contributed by atoms with Crippen LogP contribution in [-0.2, 0) is 16.0 Å². The van der Waals surface area contributed by atoms with E-state index in [1.165, 1.54) is 21.9 Å². The number of allylic oxidation sites excluding steroid dienone is 1. The predicted octanol–water partition coefficient (Wildman–Crippen LogP) is -0.178. The summed E-state index contributed by atoms with van der Waals surface area (Å²) in [4.78, 5) is 54.4. The first-order chi connectivity index (χ1) is 16.2.